The number of carbonyl (C=O) groups is 1. The van der Waals surface area contributed by atoms with Crippen LogP contribution in [-0.4, -0.2) is 25.8 Å². The van der Waals surface area contributed by atoms with E-state index < -0.39 is 5.97 Å². The number of carboxylic acid groups (broad SMARTS) is 1. The van der Waals surface area contributed by atoms with E-state index in [2.05, 4.69) is 10.1 Å². The number of thiazole rings is 1. The van der Waals surface area contributed by atoms with Crippen molar-refractivity contribution in [3.63, 3.8) is 0 Å². The maximum absolute atomic E-state index is 10.9. The number of aryl methyl sites for hydroxylation is 2. The summed E-state index contributed by atoms with van der Waals surface area (Å²) in [6.07, 6.45) is 3.82. The van der Waals surface area contributed by atoms with E-state index in [1.165, 1.54) is 11.3 Å². The highest BCUT2D eigenvalue weighted by Gasteiger charge is 2.14. The van der Waals surface area contributed by atoms with E-state index in [0.717, 1.165) is 22.2 Å². The topological polar surface area (TPSA) is 68.0 Å². The van der Waals surface area contributed by atoms with E-state index in [9.17, 15) is 4.79 Å². The van der Waals surface area contributed by atoms with Crippen LogP contribution in [0.2, 0.25) is 0 Å². The Kier molecular flexibility index (Phi) is 4.03. The molecule has 2 rings (SSSR count). The van der Waals surface area contributed by atoms with Gasteiger partial charge in [0.2, 0.25) is 0 Å². The van der Waals surface area contributed by atoms with E-state index >= 15 is 0 Å². The van der Waals surface area contributed by atoms with Gasteiger partial charge in [0, 0.05) is 24.1 Å². The smallest absolute Gasteiger partial charge is 0.347 e. The minimum atomic E-state index is -0.907. The van der Waals surface area contributed by atoms with Crippen LogP contribution in [0.3, 0.4) is 0 Å². The Morgan fingerprint density at radius 2 is 2.39 bits per heavy atom. The zero-order chi connectivity index (χ0) is 13.1. The van der Waals surface area contributed by atoms with Crippen molar-refractivity contribution in [3.8, 4) is 0 Å². The summed E-state index contributed by atoms with van der Waals surface area (Å²) in [4.78, 5) is 15.5. The summed E-state index contributed by atoms with van der Waals surface area (Å²) >= 11 is 2.76. The number of hydrogen-bond donors (Lipinski definition) is 1. The minimum Gasteiger partial charge on any atom is -0.477 e. The maximum atomic E-state index is 10.9. The molecule has 7 heteroatoms. The quantitative estimate of drug-likeness (QED) is 0.854. The summed E-state index contributed by atoms with van der Waals surface area (Å²) in [5.41, 5.74) is 1.70. The van der Waals surface area contributed by atoms with Gasteiger partial charge in [0.1, 0.15) is 4.88 Å². The lowest BCUT2D eigenvalue weighted by molar-refractivity contribution is 0.0701. The van der Waals surface area contributed by atoms with Gasteiger partial charge in [-0.25, -0.2) is 9.78 Å². The molecular weight excluding hydrogens is 270 g/mol. The molecule has 0 aliphatic carbocycles. The summed E-state index contributed by atoms with van der Waals surface area (Å²) in [6, 6.07) is 0. The van der Waals surface area contributed by atoms with Gasteiger partial charge in [-0.05, 0) is 13.8 Å². The third kappa shape index (κ3) is 2.91. The summed E-state index contributed by atoms with van der Waals surface area (Å²) < 4.78 is 2.65. The highest BCUT2D eigenvalue weighted by atomic mass is 32.2. The summed E-state index contributed by atoms with van der Waals surface area (Å²) in [7, 11) is 0. The van der Waals surface area contributed by atoms with E-state index in [0.29, 0.717) is 10.6 Å². The summed E-state index contributed by atoms with van der Waals surface area (Å²) in [5, 5.41) is 13.1. The first-order chi connectivity index (χ1) is 8.60. The fraction of sp³-hybridized carbons (Fsp3) is 0.364. The number of aromatic carboxylic acids is 1. The lowest BCUT2D eigenvalue weighted by Crippen LogP contribution is -1.94. The van der Waals surface area contributed by atoms with Crippen LogP contribution >= 0.6 is 23.1 Å². The van der Waals surface area contributed by atoms with Crippen molar-refractivity contribution in [1.82, 2.24) is 14.8 Å². The SMILES string of the molecule is CCn1cc(CSc2nc(C)c(C(=O)O)s2)cn1. The first-order valence-electron chi connectivity index (χ1n) is 5.45. The molecule has 0 unspecified atom stereocenters. The predicted molar refractivity (Wildman–Crippen MR) is 71.3 cm³/mol. The molecular formula is C11H13N3O2S2. The maximum Gasteiger partial charge on any atom is 0.347 e. The average Bonchev–Trinajstić information content (AvgIpc) is 2.92. The molecule has 96 valence electrons. The minimum absolute atomic E-state index is 0.321. The van der Waals surface area contributed by atoms with Gasteiger partial charge in [-0.3, -0.25) is 4.68 Å². The molecule has 0 atom stereocenters. The normalized spacial score (nSPS) is 10.8. The van der Waals surface area contributed by atoms with Crippen molar-refractivity contribution in [2.75, 3.05) is 0 Å². The first-order valence-corrected chi connectivity index (χ1v) is 7.25. The van der Waals surface area contributed by atoms with Crippen LogP contribution in [0.5, 0.6) is 0 Å². The average molecular weight is 283 g/mol. The predicted octanol–water partition coefficient (Wildman–Crippen LogP) is 2.66. The van der Waals surface area contributed by atoms with Gasteiger partial charge in [0.25, 0.3) is 0 Å². The highest BCUT2D eigenvalue weighted by molar-refractivity contribution is 8.00. The Morgan fingerprint density at radius 1 is 1.61 bits per heavy atom. The number of thioether (sulfide) groups is 1. The molecule has 2 aromatic heterocycles. The second kappa shape index (κ2) is 5.53. The Morgan fingerprint density at radius 3 is 2.94 bits per heavy atom. The van der Waals surface area contributed by atoms with Crippen molar-refractivity contribution < 1.29 is 9.90 Å². The molecule has 2 heterocycles. The molecule has 0 fully saturated rings. The van der Waals surface area contributed by atoms with Crippen LogP contribution < -0.4 is 0 Å². The van der Waals surface area contributed by atoms with Crippen LogP contribution in [0.4, 0.5) is 0 Å². The number of carboxylic acids is 1. The highest BCUT2D eigenvalue weighted by Crippen LogP contribution is 2.29. The van der Waals surface area contributed by atoms with Gasteiger partial charge >= 0.3 is 5.97 Å². The number of aromatic nitrogens is 3. The van der Waals surface area contributed by atoms with Gasteiger partial charge in [0.15, 0.2) is 4.34 Å². The fourth-order valence-electron chi connectivity index (χ4n) is 1.43. The molecule has 0 aromatic carbocycles. The third-order valence-corrected chi connectivity index (χ3v) is 4.70. The number of nitrogens with zero attached hydrogens (tertiary/aromatic N) is 3. The fourth-order valence-corrected chi connectivity index (χ4v) is 3.37. The molecule has 2 aromatic rings. The lowest BCUT2D eigenvalue weighted by Gasteiger charge is -1.93. The lowest BCUT2D eigenvalue weighted by atomic mass is 10.4. The first kappa shape index (κ1) is 13.1. The second-order valence-electron chi connectivity index (χ2n) is 3.69. The Balaban J connectivity index is 2.01. The van der Waals surface area contributed by atoms with Gasteiger partial charge in [-0.1, -0.05) is 11.8 Å². The zero-order valence-corrected chi connectivity index (χ0v) is 11.7. The monoisotopic (exact) mass is 283 g/mol. The van der Waals surface area contributed by atoms with Gasteiger partial charge in [-0.15, -0.1) is 11.3 Å². The molecule has 0 bridgehead atoms. The van der Waals surface area contributed by atoms with Crippen molar-refractivity contribution in [1.29, 1.82) is 0 Å². The van der Waals surface area contributed by atoms with Crippen LogP contribution in [0.1, 0.15) is 27.9 Å². The molecule has 0 radical (unpaired) electrons. The molecule has 0 amide bonds. The molecule has 5 nitrogen and oxygen atoms in total. The Hall–Kier alpha value is -1.34. The van der Waals surface area contributed by atoms with Gasteiger partial charge in [0.05, 0.1) is 11.9 Å². The third-order valence-electron chi connectivity index (χ3n) is 2.34. The van der Waals surface area contributed by atoms with E-state index in [1.807, 2.05) is 24.0 Å². The summed E-state index contributed by atoms with van der Waals surface area (Å²) in [5.74, 6) is -0.151. The molecule has 1 N–H and O–H groups in total. The Labute approximate surface area is 113 Å². The van der Waals surface area contributed by atoms with E-state index in [1.54, 1.807) is 18.7 Å². The molecule has 18 heavy (non-hydrogen) atoms. The molecule has 0 saturated heterocycles. The van der Waals surface area contributed by atoms with Crippen LogP contribution in [0.25, 0.3) is 0 Å². The number of hydrogen-bond acceptors (Lipinski definition) is 5. The zero-order valence-electron chi connectivity index (χ0n) is 10.1. The number of rotatable bonds is 5. The van der Waals surface area contributed by atoms with Crippen LogP contribution in [-0.2, 0) is 12.3 Å². The molecule has 0 saturated carbocycles. The largest absolute Gasteiger partial charge is 0.477 e. The molecule has 0 spiro atoms. The van der Waals surface area contributed by atoms with Crippen molar-refractivity contribution in [2.24, 2.45) is 0 Å². The van der Waals surface area contributed by atoms with E-state index in [-0.39, 0.29) is 0 Å². The second-order valence-corrected chi connectivity index (χ2v) is 5.91. The molecule has 0 aliphatic rings. The van der Waals surface area contributed by atoms with Crippen LogP contribution in [0, 0.1) is 6.92 Å². The van der Waals surface area contributed by atoms with Crippen molar-refractivity contribution in [2.45, 2.75) is 30.5 Å². The van der Waals surface area contributed by atoms with Gasteiger partial charge in [-0.2, -0.15) is 5.10 Å². The molecule has 0 aliphatic heterocycles. The van der Waals surface area contributed by atoms with Crippen LogP contribution in [0.15, 0.2) is 16.7 Å². The van der Waals surface area contributed by atoms with Gasteiger partial charge < -0.3 is 5.11 Å². The standard InChI is InChI=1S/C11H13N3O2S2/c1-3-14-5-8(4-12-14)6-17-11-13-7(2)9(18-11)10(15)16/h4-5H,3,6H2,1-2H3,(H,15,16). The van der Waals surface area contributed by atoms with Crippen molar-refractivity contribution in [3.05, 3.63) is 28.5 Å². The van der Waals surface area contributed by atoms with Crippen molar-refractivity contribution >= 4 is 29.1 Å². The Bertz CT molecular complexity index is 562. The van der Waals surface area contributed by atoms with E-state index in [4.69, 9.17) is 5.11 Å². The summed E-state index contributed by atoms with van der Waals surface area (Å²) in [6.45, 7) is 4.61.